The maximum absolute atomic E-state index is 13.0. The van der Waals surface area contributed by atoms with E-state index in [9.17, 15) is 44.7 Å². The highest BCUT2D eigenvalue weighted by atomic mass is 16.7. The highest BCUT2D eigenvalue weighted by molar-refractivity contribution is 5.90. The zero-order chi connectivity index (χ0) is 36.2. The van der Waals surface area contributed by atoms with Gasteiger partial charge < -0.3 is 55.5 Å². The minimum Gasteiger partial charge on any atom is -0.481 e. The van der Waals surface area contributed by atoms with Crippen molar-refractivity contribution in [3.8, 4) is 0 Å². The number of ether oxygens (including phenoxy) is 3. The Morgan fingerprint density at radius 3 is 2.22 bits per heavy atom. The van der Waals surface area contributed by atoms with Gasteiger partial charge in [0.2, 0.25) is 11.8 Å². The predicted octanol–water partition coefficient (Wildman–Crippen LogP) is -0.549. The summed E-state index contributed by atoms with van der Waals surface area (Å²) in [6, 6.07) is -2.75. The Labute approximate surface area is 285 Å². The number of nitrogens with zero attached hydrogens (tertiary/aromatic N) is 3. The smallest absolute Gasteiger partial charge is 0.326 e. The lowest BCUT2D eigenvalue weighted by atomic mass is 9.99. The van der Waals surface area contributed by atoms with Gasteiger partial charge in [0, 0.05) is 12.8 Å². The minimum absolute atomic E-state index is 0.0494. The van der Waals surface area contributed by atoms with E-state index in [2.05, 4.69) is 27.9 Å². The number of hydrogen-bond acceptors (Lipinski definition) is 13. The largest absolute Gasteiger partial charge is 0.481 e. The van der Waals surface area contributed by atoms with Crippen molar-refractivity contribution in [2.24, 2.45) is 0 Å². The van der Waals surface area contributed by atoms with E-state index in [-0.39, 0.29) is 39.2 Å². The molecular formula is C31H53N5O13. The van der Waals surface area contributed by atoms with Gasteiger partial charge in [-0.05, 0) is 12.8 Å². The molecule has 7 atom stereocenters. The van der Waals surface area contributed by atoms with Gasteiger partial charge in [-0.2, -0.15) is 0 Å². The summed E-state index contributed by atoms with van der Waals surface area (Å²) in [5, 5.41) is 70.3. The maximum atomic E-state index is 13.0. The lowest BCUT2D eigenvalue weighted by Crippen LogP contribution is -2.59. The van der Waals surface area contributed by atoms with E-state index >= 15 is 0 Å². The van der Waals surface area contributed by atoms with Crippen molar-refractivity contribution in [1.29, 1.82) is 0 Å². The number of rotatable bonds is 26. The van der Waals surface area contributed by atoms with Crippen LogP contribution in [0.25, 0.3) is 0 Å². The van der Waals surface area contributed by atoms with Gasteiger partial charge in [0.15, 0.2) is 6.29 Å². The summed E-state index contributed by atoms with van der Waals surface area (Å²) in [4.78, 5) is 48.3. The average Bonchev–Trinajstić information content (AvgIpc) is 3.52. The van der Waals surface area contributed by atoms with E-state index in [0.29, 0.717) is 12.1 Å². The Hall–Kier alpha value is -3.26. The summed E-state index contributed by atoms with van der Waals surface area (Å²) >= 11 is 0. The summed E-state index contributed by atoms with van der Waals surface area (Å²) in [5.74, 6) is -3.88. The van der Waals surface area contributed by atoms with Crippen LogP contribution < -0.4 is 10.6 Å². The summed E-state index contributed by atoms with van der Waals surface area (Å²) < 4.78 is 17.7. The van der Waals surface area contributed by atoms with Gasteiger partial charge in [-0.1, -0.05) is 63.5 Å². The van der Waals surface area contributed by atoms with Gasteiger partial charge in [0.25, 0.3) is 0 Å². The minimum atomic E-state index is -1.57. The average molecular weight is 704 g/mol. The summed E-state index contributed by atoms with van der Waals surface area (Å²) in [7, 11) is 0. The Balaban J connectivity index is 1.87. The molecule has 18 nitrogen and oxygen atoms in total. The molecule has 0 saturated carbocycles. The van der Waals surface area contributed by atoms with Crippen LogP contribution in [0.15, 0.2) is 6.20 Å². The fourth-order valence-corrected chi connectivity index (χ4v) is 5.11. The number of nitrogens with one attached hydrogen (secondary N) is 2. The molecule has 1 aromatic rings. The van der Waals surface area contributed by atoms with E-state index in [1.54, 1.807) is 0 Å². The van der Waals surface area contributed by atoms with Crippen LogP contribution >= 0.6 is 0 Å². The van der Waals surface area contributed by atoms with Crippen LogP contribution in [0.2, 0.25) is 0 Å². The molecule has 0 spiro atoms. The molecule has 2 amide bonds. The standard InChI is InChI=1S/C31H53N5O13/c1-2-3-4-5-6-7-8-9-10-11-24(38)32-22(29(44)33-21(30(45)46)12-13-25(39)40)19-47-18-20-16-36(35-34-20)14-15-48-31-28(43)27(42)26(41)23(17-37)49-31/h16,21-23,26-28,31,37,41-43H,2-15,17-19H2,1H3,(H,32,38)(H,33,44)(H,39,40)(H,45,46)/t21-,22+,23?,26-,27+,28?,31-/m1/s1. The van der Waals surface area contributed by atoms with E-state index in [0.717, 1.165) is 25.7 Å². The number of aliphatic hydroxyl groups is 4. The summed E-state index contributed by atoms with van der Waals surface area (Å²) in [6.45, 7) is 1.19. The van der Waals surface area contributed by atoms with E-state index < -0.39 is 79.6 Å². The van der Waals surface area contributed by atoms with E-state index in [4.69, 9.17) is 19.3 Å². The molecule has 1 saturated heterocycles. The number of unbranched alkanes of at least 4 members (excludes halogenated alkanes) is 8. The van der Waals surface area contributed by atoms with Crippen molar-refractivity contribution in [2.45, 2.75) is 140 Å². The van der Waals surface area contributed by atoms with Crippen molar-refractivity contribution in [2.75, 3.05) is 19.8 Å². The second kappa shape index (κ2) is 23.2. The SMILES string of the molecule is CCCCCCCCCCCC(=O)N[C@@H](COCc1cn(CCO[C@@H]2OC(CO)[C@@H](O)[C@H](O)C2O)nn1)C(=O)N[C@H](CCC(=O)O)C(=O)O. The molecule has 2 rings (SSSR count). The van der Waals surface area contributed by atoms with Crippen molar-refractivity contribution >= 4 is 23.8 Å². The van der Waals surface area contributed by atoms with Crippen LogP contribution in [0, 0.1) is 0 Å². The Bertz CT molecular complexity index is 1140. The monoisotopic (exact) mass is 703 g/mol. The molecule has 1 aliphatic heterocycles. The van der Waals surface area contributed by atoms with Gasteiger partial charge in [0.05, 0.1) is 39.2 Å². The highest BCUT2D eigenvalue weighted by Crippen LogP contribution is 2.22. The molecular weight excluding hydrogens is 650 g/mol. The maximum Gasteiger partial charge on any atom is 0.326 e. The molecule has 280 valence electrons. The number of aromatic nitrogens is 3. The van der Waals surface area contributed by atoms with Crippen LogP contribution in [0.1, 0.15) is 89.7 Å². The van der Waals surface area contributed by atoms with Crippen molar-refractivity contribution in [3.63, 3.8) is 0 Å². The fourth-order valence-electron chi connectivity index (χ4n) is 5.11. The Morgan fingerprint density at radius 2 is 1.59 bits per heavy atom. The first-order chi connectivity index (χ1) is 23.5. The molecule has 1 fully saturated rings. The Kier molecular flexibility index (Phi) is 19.8. The molecule has 2 unspecified atom stereocenters. The van der Waals surface area contributed by atoms with Crippen LogP contribution in [0.5, 0.6) is 0 Å². The zero-order valence-corrected chi connectivity index (χ0v) is 28.0. The van der Waals surface area contributed by atoms with Gasteiger partial charge in [-0.3, -0.25) is 14.4 Å². The molecule has 18 heteroatoms. The molecule has 0 aromatic carbocycles. The van der Waals surface area contributed by atoms with Crippen molar-refractivity contribution < 1.29 is 64.0 Å². The second-order valence-electron chi connectivity index (χ2n) is 12.1. The highest BCUT2D eigenvalue weighted by Gasteiger charge is 2.44. The van der Waals surface area contributed by atoms with Gasteiger partial charge in [-0.25, -0.2) is 9.48 Å². The lowest BCUT2D eigenvalue weighted by molar-refractivity contribution is -0.301. The molecule has 49 heavy (non-hydrogen) atoms. The summed E-state index contributed by atoms with van der Waals surface area (Å²) in [5.41, 5.74) is 0.345. The van der Waals surface area contributed by atoms with Crippen LogP contribution in [0.3, 0.4) is 0 Å². The van der Waals surface area contributed by atoms with Gasteiger partial charge >= 0.3 is 11.9 Å². The fraction of sp³-hybridized carbons (Fsp3) is 0.806. The third kappa shape index (κ3) is 15.9. The number of carboxylic acids is 2. The quantitative estimate of drug-likeness (QED) is 0.0563. The zero-order valence-electron chi connectivity index (χ0n) is 28.0. The third-order valence-electron chi connectivity index (χ3n) is 7.99. The number of hydrogen-bond donors (Lipinski definition) is 8. The first kappa shape index (κ1) is 41.9. The molecule has 1 aromatic heterocycles. The molecule has 2 heterocycles. The first-order valence-electron chi connectivity index (χ1n) is 16.9. The topological polar surface area (TPSA) is 272 Å². The Morgan fingerprint density at radius 1 is 0.918 bits per heavy atom. The first-order valence-corrected chi connectivity index (χ1v) is 16.9. The van der Waals surface area contributed by atoms with Crippen molar-refractivity contribution in [3.05, 3.63) is 11.9 Å². The van der Waals surface area contributed by atoms with Gasteiger partial charge in [0.1, 0.15) is 42.2 Å². The third-order valence-corrected chi connectivity index (χ3v) is 7.99. The van der Waals surface area contributed by atoms with Crippen LogP contribution in [0.4, 0.5) is 0 Å². The van der Waals surface area contributed by atoms with E-state index in [1.807, 2.05) is 0 Å². The second-order valence-corrected chi connectivity index (χ2v) is 12.1. The number of carbonyl (C=O) groups is 4. The molecule has 1 aliphatic rings. The van der Waals surface area contributed by atoms with Crippen LogP contribution in [-0.4, -0.2) is 132 Å². The van der Waals surface area contributed by atoms with Crippen LogP contribution in [-0.2, 0) is 46.5 Å². The number of amides is 2. The number of carbonyl (C=O) groups excluding carboxylic acids is 2. The van der Waals surface area contributed by atoms with Crippen molar-refractivity contribution in [1.82, 2.24) is 25.6 Å². The number of aliphatic carboxylic acids is 2. The molecule has 0 bridgehead atoms. The number of carboxylic acid groups (broad SMARTS) is 2. The number of aliphatic hydroxyl groups excluding tert-OH is 4. The van der Waals surface area contributed by atoms with E-state index in [1.165, 1.54) is 36.6 Å². The normalized spacial score (nSPS) is 21.9. The van der Waals surface area contributed by atoms with Gasteiger partial charge in [-0.15, -0.1) is 5.10 Å². The lowest BCUT2D eigenvalue weighted by Gasteiger charge is -2.39. The predicted molar refractivity (Wildman–Crippen MR) is 170 cm³/mol. The molecule has 8 N–H and O–H groups in total. The molecule has 0 radical (unpaired) electrons. The summed E-state index contributed by atoms with van der Waals surface area (Å²) in [6.07, 6.45) is 3.39. The molecule has 0 aliphatic carbocycles.